The number of rotatable bonds is 10. The molecule has 2 aromatic carbocycles. The minimum absolute atomic E-state index is 0.0865. The highest BCUT2D eigenvalue weighted by Crippen LogP contribution is 2.32. The van der Waals surface area contributed by atoms with Crippen molar-refractivity contribution in [3.63, 3.8) is 0 Å². The first-order chi connectivity index (χ1) is 21.3. The van der Waals surface area contributed by atoms with E-state index >= 15 is 0 Å². The lowest BCUT2D eigenvalue weighted by Crippen LogP contribution is -2.43. The summed E-state index contributed by atoms with van der Waals surface area (Å²) in [5, 5.41) is 14.6. The number of imide groups is 1. The molecule has 44 heavy (non-hydrogen) atoms. The predicted octanol–water partition coefficient (Wildman–Crippen LogP) is 4.73. The van der Waals surface area contributed by atoms with Crippen LogP contribution in [0.2, 0.25) is 0 Å². The fourth-order valence-corrected chi connectivity index (χ4v) is 6.94. The summed E-state index contributed by atoms with van der Waals surface area (Å²) in [5.41, 5.74) is 2.96. The molecule has 2 amide bonds. The molecule has 11 heteroatoms. The average Bonchev–Trinajstić information content (AvgIpc) is 3.48. The molecule has 2 aliphatic rings. The van der Waals surface area contributed by atoms with Crippen molar-refractivity contribution in [2.75, 3.05) is 32.8 Å². The second-order valence-electron chi connectivity index (χ2n) is 10.7. The lowest BCUT2D eigenvalue weighted by atomic mass is 9.93. The molecule has 0 saturated carbocycles. The number of amides is 2. The molecule has 0 radical (unpaired) electrons. The first-order valence-electron chi connectivity index (χ1n) is 14.8. The number of hydrogen-bond donors (Lipinski definition) is 0. The zero-order valence-electron chi connectivity index (χ0n) is 24.9. The van der Waals surface area contributed by atoms with E-state index in [-0.39, 0.29) is 22.6 Å². The summed E-state index contributed by atoms with van der Waals surface area (Å²) in [4.78, 5) is 28.0. The Morgan fingerprint density at radius 2 is 1.70 bits per heavy atom. The molecular weight excluding hydrogens is 578 g/mol. The van der Waals surface area contributed by atoms with Crippen LogP contribution in [0, 0.1) is 11.3 Å². The maximum absolute atomic E-state index is 13.7. The summed E-state index contributed by atoms with van der Waals surface area (Å²) in [5.74, 6) is -1.11. The second kappa shape index (κ2) is 13.5. The molecule has 0 bridgehead atoms. The first-order valence-corrected chi connectivity index (χ1v) is 16.2. The van der Waals surface area contributed by atoms with E-state index in [2.05, 4.69) is 0 Å². The Labute approximate surface area is 257 Å². The van der Waals surface area contributed by atoms with Crippen molar-refractivity contribution in [1.29, 1.82) is 5.26 Å². The third-order valence-corrected chi connectivity index (χ3v) is 9.76. The third kappa shape index (κ3) is 6.28. The van der Waals surface area contributed by atoms with Crippen LogP contribution in [-0.4, -0.2) is 72.1 Å². The van der Waals surface area contributed by atoms with Crippen LogP contribution in [0.15, 0.2) is 82.4 Å². The molecule has 0 atom stereocenters. The van der Waals surface area contributed by atoms with E-state index in [1.165, 1.54) is 4.31 Å². The van der Waals surface area contributed by atoms with Crippen LogP contribution in [0.5, 0.6) is 0 Å². The number of nitriles is 1. The van der Waals surface area contributed by atoms with Gasteiger partial charge >= 0.3 is 0 Å². The van der Waals surface area contributed by atoms with Gasteiger partial charge in [0.25, 0.3) is 11.8 Å². The van der Waals surface area contributed by atoms with Crippen molar-refractivity contribution in [3.8, 4) is 23.0 Å². The van der Waals surface area contributed by atoms with Crippen molar-refractivity contribution in [2.45, 2.75) is 44.4 Å². The summed E-state index contributed by atoms with van der Waals surface area (Å²) < 4.78 is 35.1. The van der Waals surface area contributed by atoms with Crippen LogP contribution in [0.1, 0.15) is 45.1 Å². The third-order valence-electron chi connectivity index (χ3n) is 7.84. The fourth-order valence-electron chi connectivity index (χ4n) is 5.43. The van der Waals surface area contributed by atoms with Crippen LogP contribution in [0.4, 0.5) is 0 Å². The van der Waals surface area contributed by atoms with Crippen LogP contribution >= 0.6 is 0 Å². The molecule has 3 heterocycles. The summed E-state index contributed by atoms with van der Waals surface area (Å²) in [6, 6.07) is 18.0. The predicted molar refractivity (Wildman–Crippen MR) is 166 cm³/mol. The van der Waals surface area contributed by atoms with Gasteiger partial charge in [0.2, 0.25) is 10.0 Å². The highest BCUT2D eigenvalue weighted by molar-refractivity contribution is 7.89. The quantitative estimate of drug-likeness (QED) is 0.184. The summed E-state index contributed by atoms with van der Waals surface area (Å²) >= 11 is 0. The topological polar surface area (TPSA) is 126 Å². The standard InChI is InChI=1S/C33H35N5O5S/c1-3-43-20-10-19-37-32(39)29(24(2)30(22-34)33(37)40)21-26-23-38(27-11-6-4-7-12-27)35-31(26)25-13-15-28(16-14-25)44(41,42)36-17-8-5-9-18-36/h4,6-7,11-16,21,23H,3,5,8-10,17-20H2,1-2H3/b29-21+. The molecule has 3 aromatic rings. The first kappa shape index (κ1) is 31.1. The number of nitrogens with zero attached hydrogens (tertiary/aromatic N) is 5. The maximum Gasteiger partial charge on any atom is 0.271 e. The van der Waals surface area contributed by atoms with E-state index in [4.69, 9.17) is 9.84 Å². The molecule has 2 aliphatic heterocycles. The van der Waals surface area contributed by atoms with E-state index < -0.39 is 21.8 Å². The fraction of sp³-hybridized carbons (Fsp3) is 0.333. The van der Waals surface area contributed by atoms with Gasteiger partial charge in [0.1, 0.15) is 11.6 Å². The SMILES string of the molecule is CCOCCCN1C(=O)C(C#N)=C(C)/C(=C\c2cn(-c3ccccc3)nc2-c2ccc(S(=O)(=O)N3CCCCC3)cc2)C1=O. The molecule has 0 unspecified atom stereocenters. The number of piperidine rings is 1. The number of hydrogen-bond acceptors (Lipinski definition) is 7. The second-order valence-corrected chi connectivity index (χ2v) is 12.6. The van der Waals surface area contributed by atoms with E-state index in [9.17, 15) is 23.3 Å². The largest absolute Gasteiger partial charge is 0.382 e. The van der Waals surface area contributed by atoms with Crippen LogP contribution in [0.3, 0.4) is 0 Å². The number of carbonyl (C=O) groups excluding carboxylic acids is 2. The Bertz CT molecular complexity index is 1750. The number of ether oxygens (including phenoxy) is 1. The van der Waals surface area contributed by atoms with Crippen LogP contribution in [0.25, 0.3) is 23.0 Å². The van der Waals surface area contributed by atoms with E-state index in [1.54, 1.807) is 48.1 Å². The van der Waals surface area contributed by atoms with Gasteiger partial charge in [0.15, 0.2) is 0 Å². The average molecular weight is 614 g/mol. The van der Waals surface area contributed by atoms with Crippen LogP contribution in [-0.2, 0) is 24.3 Å². The van der Waals surface area contributed by atoms with Gasteiger partial charge in [-0.2, -0.15) is 14.7 Å². The van der Waals surface area contributed by atoms with Gasteiger partial charge in [-0.1, -0.05) is 36.8 Å². The molecule has 1 fully saturated rings. The Morgan fingerprint density at radius 1 is 1.00 bits per heavy atom. The molecule has 0 N–H and O–H groups in total. The number of benzene rings is 2. The number of para-hydroxylation sites is 1. The normalized spacial score (nSPS) is 17.4. The van der Waals surface area contributed by atoms with Crippen LogP contribution < -0.4 is 0 Å². The Hall–Kier alpha value is -4.37. The lowest BCUT2D eigenvalue weighted by Gasteiger charge is -2.27. The summed E-state index contributed by atoms with van der Waals surface area (Å²) in [7, 11) is -3.61. The zero-order valence-corrected chi connectivity index (χ0v) is 25.7. The van der Waals surface area contributed by atoms with E-state index in [1.807, 2.05) is 43.3 Å². The Morgan fingerprint density at radius 3 is 2.36 bits per heavy atom. The maximum atomic E-state index is 13.7. The van der Waals surface area contributed by atoms with E-state index in [0.29, 0.717) is 55.1 Å². The van der Waals surface area contributed by atoms with Crippen molar-refractivity contribution in [1.82, 2.24) is 19.0 Å². The van der Waals surface area contributed by atoms with Crippen molar-refractivity contribution in [3.05, 3.63) is 83.1 Å². The van der Waals surface area contributed by atoms with Gasteiger partial charge in [0.05, 0.1) is 16.3 Å². The monoisotopic (exact) mass is 613 g/mol. The zero-order chi connectivity index (χ0) is 31.3. The molecule has 1 saturated heterocycles. The molecule has 5 rings (SSSR count). The molecule has 10 nitrogen and oxygen atoms in total. The number of aromatic nitrogens is 2. The Kier molecular flexibility index (Phi) is 9.54. The molecule has 0 aliphatic carbocycles. The van der Waals surface area contributed by atoms with E-state index in [0.717, 1.165) is 29.8 Å². The molecular formula is C33H35N5O5S. The van der Waals surface area contributed by atoms with Gasteiger partial charge in [-0.25, -0.2) is 13.1 Å². The molecule has 228 valence electrons. The van der Waals surface area contributed by atoms with Gasteiger partial charge in [0, 0.05) is 55.7 Å². The smallest absolute Gasteiger partial charge is 0.271 e. The van der Waals surface area contributed by atoms with Gasteiger partial charge in [-0.15, -0.1) is 0 Å². The van der Waals surface area contributed by atoms with Gasteiger partial charge in [-0.3, -0.25) is 14.5 Å². The minimum atomic E-state index is -3.61. The minimum Gasteiger partial charge on any atom is -0.382 e. The van der Waals surface area contributed by atoms with Crippen molar-refractivity contribution >= 4 is 27.9 Å². The molecule has 1 aromatic heterocycles. The number of carbonyl (C=O) groups is 2. The number of sulfonamides is 1. The highest BCUT2D eigenvalue weighted by atomic mass is 32.2. The Balaban J connectivity index is 1.57. The van der Waals surface area contributed by atoms with Crippen molar-refractivity contribution in [2.24, 2.45) is 0 Å². The highest BCUT2D eigenvalue weighted by Gasteiger charge is 2.35. The van der Waals surface area contributed by atoms with Gasteiger partial charge < -0.3 is 4.74 Å². The summed E-state index contributed by atoms with van der Waals surface area (Å²) in [6.07, 6.45) is 6.60. The lowest BCUT2D eigenvalue weighted by molar-refractivity contribution is -0.140. The summed E-state index contributed by atoms with van der Waals surface area (Å²) in [6.45, 7) is 5.52. The van der Waals surface area contributed by atoms with Gasteiger partial charge in [-0.05, 0) is 69.0 Å². The van der Waals surface area contributed by atoms with Crippen molar-refractivity contribution < 1.29 is 22.7 Å². The molecule has 0 spiro atoms.